The van der Waals surface area contributed by atoms with Crippen LogP contribution < -0.4 is 0 Å². The molecule has 1 unspecified atom stereocenters. The van der Waals surface area contributed by atoms with Gasteiger partial charge in [-0.15, -0.1) is 0 Å². The quantitative estimate of drug-likeness (QED) is 0.234. The number of aliphatic hydroxyl groups excluding tert-OH is 3. The first-order valence-electron chi connectivity index (χ1n) is 5.70. The van der Waals surface area contributed by atoms with Crippen LogP contribution in [0.25, 0.3) is 0 Å². The molecule has 5 atom stereocenters. The molecule has 0 aromatic heterocycles. The lowest BCUT2D eigenvalue weighted by Crippen LogP contribution is -2.61. The van der Waals surface area contributed by atoms with Crippen LogP contribution in [0.5, 0.6) is 0 Å². The first-order valence-corrected chi connectivity index (χ1v) is 6.83. The van der Waals surface area contributed by atoms with Crippen molar-refractivity contribution < 1.29 is 34.3 Å². The highest BCUT2D eigenvalue weighted by Crippen LogP contribution is 2.31. The summed E-state index contributed by atoms with van der Waals surface area (Å²) >= 11 is 16.3. The zero-order chi connectivity index (χ0) is 16.4. The van der Waals surface area contributed by atoms with Crippen molar-refractivity contribution in [2.45, 2.75) is 41.4 Å². The second-order valence-electron chi connectivity index (χ2n) is 4.23. The minimum Gasteiger partial charge on any atom is -0.453 e. The van der Waals surface area contributed by atoms with E-state index in [9.17, 15) is 15.0 Å². The number of rotatable bonds is 3. The van der Waals surface area contributed by atoms with Crippen LogP contribution in [0.1, 0.15) is 6.92 Å². The van der Waals surface area contributed by atoms with Crippen molar-refractivity contribution in [3.63, 3.8) is 0 Å². The van der Waals surface area contributed by atoms with Crippen molar-refractivity contribution in [2.24, 2.45) is 0 Å². The first kappa shape index (κ1) is 18.7. The summed E-state index contributed by atoms with van der Waals surface area (Å²) in [7, 11) is 0. The van der Waals surface area contributed by atoms with Gasteiger partial charge in [0, 0.05) is 6.92 Å². The Kier molecular flexibility index (Phi) is 6.48. The van der Waals surface area contributed by atoms with Gasteiger partial charge < -0.3 is 29.5 Å². The number of ether oxygens (including phenoxy) is 3. The van der Waals surface area contributed by atoms with Crippen molar-refractivity contribution in [3.8, 4) is 0 Å². The third-order valence-corrected chi connectivity index (χ3v) is 3.13. The number of esters is 1. The zero-order valence-corrected chi connectivity index (χ0v) is 13.0. The second kappa shape index (κ2) is 7.28. The molecule has 1 saturated heterocycles. The van der Waals surface area contributed by atoms with E-state index < -0.39 is 53.0 Å². The highest BCUT2D eigenvalue weighted by Gasteiger charge is 2.49. The van der Waals surface area contributed by atoms with Gasteiger partial charge in [-0.2, -0.15) is 0 Å². The summed E-state index contributed by atoms with van der Waals surface area (Å²) < 4.78 is 12.6. The Labute approximate surface area is 134 Å². The second-order valence-corrected chi connectivity index (χ2v) is 6.51. The Bertz CT molecular complexity index is 403. The minimum absolute atomic E-state index is 0.647. The van der Waals surface area contributed by atoms with Crippen molar-refractivity contribution in [1.82, 2.24) is 0 Å². The lowest BCUT2D eigenvalue weighted by Gasteiger charge is -2.41. The van der Waals surface area contributed by atoms with E-state index in [1.54, 1.807) is 0 Å². The minimum atomic E-state index is -2.19. The van der Waals surface area contributed by atoms with Gasteiger partial charge in [-0.25, -0.2) is 0 Å². The van der Waals surface area contributed by atoms with Crippen molar-refractivity contribution >= 4 is 46.7 Å². The predicted molar refractivity (Wildman–Crippen MR) is 72.4 cm³/mol. The van der Waals surface area contributed by atoms with Crippen LogP contribution in [0.4, 0.5) is 0 Å². The third-order valence-electron chi connectivity index (χ3n) is 2.62. The van der Waals surface area contributed by atoms with Gasteiger partial charge in [0.2, 0.25) is 12.2 Å². The zero-order valence-electron chi connectivity index (χ0n) is 10.7. The van der Waals surface area contributed by atoms with E-state index in [0.29, 0.717) is 0 Å². The lowest BCUT2D eigenvalue weighted by molar-refractivity contribution is -0.285. The number of nitrogens with one attached hydrogen (secondary N) is 1. The monoisotopic (exact) mass is 365 g/mol. The van der Waals surface area contributed by atoms with Crippen LogP contribution >= 0.6 is 34.8 Å². The summed E-state index contributed by atoms with van der Waals surface area (Å²) in [6, 6.07) is 0. The average molecular weight is 367 g/mol. The van der Waals surface area contributed by atoms with Gasteiger partial charge in [-0.05, 0) is 0 Å². The molecule has 4 N–H and O–H groups in total. The molecule has 1 aliphatic heterocycles. The maximum Gasteiger partial charge on any atom is 0.303 e. The molecule has 0 aromatic rings. The summed E-state index contributed by atoms with van der Waals surface area (Å²) in [5.74, 6) is -1.62. The lowest BCUT2D eigenvalue weighted by atomic mass is 9.99. The molecule has 0 saturated carbocycles. The molecule has 0 radical (unpaired) electrons. The highest BCUT2D eigenvalue weighted by atomic mass is 35.6. The normalized spacial score (nSPS) is 33.4. The number of carbonyl (C=O) groups is 1. The maximum absolute atomic E-state index is 11.0. The van der Waals surface area contributed by atoms with Crippen LogP contribution in [0.2, 0.25) is 0 Å². The van der Waals surface area contributed by atoms with Gasteiger partial charge in [0.15, 0.2) is 6.10 Å². The fourth-order valence-electron chi connectivity index (χ4n) is 1.65. The highest BCUT2D eigenvalue weighted by molar-refractivity contribution is 6.76. The van der Waals surface area contributed by atoms with Crippen LogP contribution in [0, 0.1) is 5.41 Å². The van der Waals surface area contributed by atoms with Gasteiger partial charge >= 0.3 is 5.97 Å². The van der Waals surface area contributed by atoms with Crippen LogP contribution in [-0.2, 0) is 19.0 Å². The fourth-order valence-corrected chi connectivity index (χ4v) is 1.78. The van der Waals surface area contributed by atoms with Gasteiger partial charge in [-0.1, -0.05) is 34.8 Å². The van der Waals surface area contributed by atoms with E-state index in [1.165, 1.54) is 0 Å². The number of hydrogen-bond acceptors (Lipinski definition) is 8. The Morgan fingerprint density at radius 1 is 1.29 bits per heavy atom. The molecule has 122 valence electrons. The number of carbonyl (C=O) groups excluding carboxylic acids is 1. The van der Waals surface area contributed by atoms with Crippen molar-refractivity contribution in [2.75, 3.05) is 6.61 Å². The van der Waals surface area contributed by atoms with Crippen molar-refractivity contribution in [1.29, 1.82) is 5.41 Å². The third kappa shape index (κ3) is 4.82. The van der Waals surface area contributed by atoms with E-state index in [1.807, 2.05) is 0 Å². The Hall–Kier alpha value is -0.350. The molecule has 0 amide bonds. The standard InChI is InChI=1S/C10H14Cl3NO7/c1-3(16)19-7-6(18)5(17)4(2-15)20-8(7)21-9(14)10(11,12)13/h4-8,14-15,17-18H,2H2,1H3/t4-,5-,6+,7+,8?/m1/s1. The Balaban J connectivity index is 2.93. The van der Waals surface area contributed by atoms with Crippen LogP contribution in [0.3, 0.4) is 0 Å². The SMILES string of the molecule is CC(=O)O[C@@H]1C(OC(=N)C(Cl)(Cl)Cl)O[C@H](CO)[C@@H](O)[C@@H]1O. The van der Waals surface area contributed by atoms with Gasteiger partial charge in [0.25, 0.3) is 3.79 Å². The topological polar surface area (TPSA) is 129 Å². The summed E-state index contributed by atoms with van der Waals surface area (Å²) in [6.07, 6.45) is -7.37. The molecular weight excluding hydrogens is 352 g/mol. The summed E-state index contributed by atoms with van der Waals surface area (Å²) in [5.41, 5.74) is 0. The van der Waals surface area contributed by atoms with E-state index >= 15 is 0 Å². The largest absolute Gasteiger partial charge is 0.453 e. The molecular formula is C10H14Cl3NO7. The Morgan fingerprint density at radius 3 is 2.29 bits per heavy atom. The van der Waals surface area contributed by atoms with E-state index in [0.717, 1.165) is 6.92 Å². The van der Waals surface area contributed by atoms with Crippen LogP contribution in [-0.4, -0.2) is 68.3 Å². The van der Waals surface area contributed by atoms with E-state index in [-0.39, 0.29) is 0 Å². The molecule has 0 aromatic carbocycles. The first-order chi connectivity index (χ1) is 9.57. The molecule has 11 heteroatoms. The Morgan fingerprint density at radius 2 is 1.86 bits per heavy atom. The molecule has 8 nitrogen and oxygen atoms in total. The number of alkyl halides is 3. The molecule has 0 bridgehead atoms. The predicted octanol–water partition coefficient (Wildman–Crippen LogP) is -0.279. The maximum atomic E-state index is 11.0. The summed E-state index contributed by atoms with van der Waals surface area (Å²) in [6.45, 7) is 0.417. The summed E-state index contributed by atoms with van der Waals surface area (Å²) in [4.78, 5) is 11.0. The van der Waals surface area contributed by atoms with Gasteiger partial charge in [-0.3, -0.25) is 10.2 Å². The fraction of sp³-hybridized carbons (Fsp3) is 0.800. The van der Waals surface area contributed by atoms with Gasteiger partial charge in [0.1, 0.15) is 18.3 Å². The number of hydrogen-bond donors (Lipinski definition) is 4. The number of aliphatic hydroxyl groups is 3. The molecule has 21 heavy (non-hydrogen) atoms. The van der Waals surface area contributed by atoms with Crippen LogP contribution in [0.15, 0.2) is 0 Å². The molecule has 1 rings (SSSR count). The van der Waals surface area contributed by atoms with E-state index in [4.69, 9.17) is 59.5 Å². The van der Waals surface area contributed by atoms with Crippen molar-refractivity contribution in [3.05, 3.63) is 0 Å². The average Bonchev–Trinajstić information content (AvgIpc) is 2.36. The molecule has 1 aliphatic rings. The van der Waals surface area contributed by atoms with E-state index in [2.05, 4.69) is 0 Å². The smallest absolute Gasteiger partial charge is 0.303 e. The molecule has 0 spiro atoms. The number of halogens is 3. The van der Waals surface area contributed by atoms with Gasteiger partial charge in [0.05, 0.1) is 6.61 Å². The molecule has 1 fully saturated rings. The molecule has 0 aliphatic carbocycles. The summed E-state index contributed by atoms with van der Waals surface area (Å²) in [5, 5.41) is 36.1. The molecule has 1 heterocycles.